The Morgan fingerprint density at radius 2 is 1.88 bits per heavy atom. The van der Waals surface area contributed by atoms with E-state index < -0.39 is 0 Å². The molecule has 0 bridgehead atoms. The SMILES string of the molecule is CC#CCC(Cc1cc(C)cc(C)c1)NN. The molecule has 86 valence electrons. The molecule has 0 fully saturated rings. The Morgan fingerprint density at radius 1 is 1.25 bits per heavy atom. The van der Waals surface area contributed by atoms with E-state index in [0.29, 0.717) is 0 Å². The van der Waals surface area contributed by atoms with Crippen molar-refractivity contribution >= 4 is 0 Å². The Kier molecular flexibility index (Phi) is 5.04. The van der Waals surface area contributed by atoms with Gasteiger partial charge in [-0.2, -0.15) is 0 Å². The summed E-state index contributed by atoms with van der Waals surface area (Å²) in [5.74, 6) is 11.5. The van der Waals surface area contributed by atoms with Gasteiger partial charge >= 0.3 is 0 Å². The second-order valence-electron chi connectivity index (χ2n) is 4.19. The normalized spacial score (nSPS) is 11.8. The molecule has 1 rings (SSSR count). The van der Waals surface area contributed by atoms with E-state index >= 15 is 0 Å². The van der Waals surface area contributed by atoms with Crippen molar-refractivity contribution in [3.8, 4) is 11.8 Å². The van der Waals surface area contributed by atoms with Gasteiger partial charge in [0.05, 0.1) is 0 Å². The Bertz CT molecular complexity index is 379. The second kappa shape index (κ2) is 6.32. The summed E-state index contributed by atoms with van der Waals surface area (Å²) in [5, 5.41) is 0. The van der Waals surface area contributed by atoms with Crippen molar-refractivity contribution < 1.29 is 0 Å². The van der Waals surface area contributed by atoms with Gasteiger partial charge in [-0.15, -0.1) is 11.8 Å². The van der Waals surface area contributed by atoms with Crippen molar-refractivity contribution in [1.29, 1.82) is 0 Å². The first-order chi connectivity index (χ1) is 7.65. The Morgan fingerprint density at radius 3 is 2.38 bits per heavy atom. The first-order valence-corrected chi connectivity index (χ1v) is 5.58. The molecule has 3 N–H and O–H groups in total. The Labute approximate surface area is 98.2 Å². The van der Waals surface area contributed by atoms with E-state index in [1.807, 2.05) is 6.92 Å². The van der Waals surface area contributed by atoms with Gasteiger partial charge in [0.25, 0.3) is 0 Å². The smallest absolute Gasteiger partial charge is 0.0360 e. The van der Waals surface area contributed by atoms with Crippen LogP contribution in [0, 0.1) is 25.7 Å². The van der Waals surface area contributed by atoms with E-state index in [4.69, 9.17) is 5.84 Å². The van der Waals surface area contributed by atoms with Crippen LogP contribution in [-0.4, -0.2) is 6.04 Å². The zero-order chi connectivity index (χ0) is 12.0. The summed E-state index contributed by atoms with van der Waals surface area (Å²) in [7, 11) is 0. The quantitative estimate of drug-likeness (QED) is 0.459. The number of nitrogens with two attached hydrogens (primary N) is 1. The van der Waals surface area contributed by atoms with E-state index in [-0.39, 0.29) is 6.04 Å². The molecule has 1 unspecified atom stereocenters. The minimum absolute atomic E-state index is 0.230. The molecular weight excluding hydrogens is 196 g/mol. The van der Waals surface area contributed by atoms with E-state index in [0.717, 1.165) is 12.8 Å². The van der Waals surface area contributed by atoms with Crippen molar-refractivity contribution in [2.45, 2.75) is 39.7 Å². The molecule has 0 aliphatic carbocycles. The van der Waals surface area contributed by atoms with Crippen molar-refractivity contribution in [3.05, 3.63) is 34.9 Å². The van der Waals surface area contributed by atoms with Gasteiger partial charge in [0.2, 0.25) is 0 Å². The van der Waals surface area contributed by atoms with Gasteiger partial charge in [-0.1, -0.05) is 29.3 Å². The molecule has 16 heavy (non-hydrogen) atoms. The predicted molar refractivity (Wildman–Crippen MR) is 68.8 cm³/mol. The van der Waals surface area contributed by atoms with Gasteiger partial charge in [0, 0.05) is 12.5 Å². The number of rotatable bonds is 4. The topological polar surface area (TPSA) is 38.0 Å². The summed E-state index contributed by atoms with van der Waals surface area (Å²) in [4.78, 5) is 0. The van der Waals surface area contributed by atoms with Crippen LogP contribution in [0.15, 0.2) is 18.2 Å². The summed E-state index contributed by atoms with van der Waals surface area (Å²) >= 11 is 0. The number of hydrogen-bond donors (Lipinski definition) is 2. The molecule has 0 saturated carbocycles. The number of benzene rings is 1. The molecule has 0 heterocycles. The molecule has 2 nitrogen and oxygen atoms in total. The third kappa shape index (κ3) is 4.06. The highest BCUT2D eigenvalue weighted by Crippen LogP contribution is 2.11. The molecule has 0 aromatic heterocycles. The fourth-order valence-corrected chi connectivity index (χ4v) is 1.89. The van der Waals surface area contributed by atoms with Crippen LogP contribution >= 0.6 is 0 Å². The average Bonchev–Trinajstić information content (AvgIpc) is 2.22. The molecule has 0 saturated heterocycles. The highest BCUT2D eigenvalue weighted by atomic mass is 15.2. The fraction of sp³-hybridized carbons (Fsp3) is 0.429. The second-order valence-corrected chi connectivity index (χ2v) is 4.19. The Balaban J connectivity index is 2.72. The molecule has 0 radical (unpaired) electrons. The predicted octanol–water partition coefficient (Wildman–Crippen LogP) is 2.09. The van der Waals surface area contributed by atoms with Crippen LogP contribution in [0.3, 0.4) is 0 Å². The van der Waals surface area contributed by atoms with Crippen molar-refractivity contribution in [2.24, 2.45) is 5.84 Å². The monoisotopic (exact) mass is 216 g/mol. The lowest BCUT2D eigenvalue weighted by Gasteiger charge is -2.13. The van der Waals surface area contributed by atoms with E-state index in [1.165, 1.54) is 16.7 Å². The third-order valence-corrected chi connectivity index (χ3v) is 2.52. The lowest BCUT2D eigenvalue weighted by atomic mass is 10.00. The summed E-state index contributed by atoms with van der Waals surface area (Å²) in [6.07, 6.45) is 1.72. The van der Waals surface area contributed by atoms with Gasteiger partial charge in [-0.3, -0.25) is 11.3 Å². The first kappa shape index (κ1) is 12.8. The highest BCUT2D eigenvalue weighted by Gasteiger charge is 2.06. The first-order valence-electron chi connectivity index (χ1n) is 5.58. The average molecular weight is 216 g/mol. The maximum absolute atomic E-state index is 5.52. The molecule has 1 aromatic rings. The molecule has 2 heteroatoms. The standard InChI is InChI=1S/C14H20N2/c1-4-5-6-14(16-15)10-13-8-11(2)7-12(3)9-13/h7-9,14,16H,6,10,15H2,1-3H3. The summed E-state index contributed by atoms with van der Waals surface area (Å²) in [6.45, 7) is 6.09. The van der Waals surface area contributed by atoms with Crippen molar-refractivity contribution in [2.75, 3.05) is 0 Å². The lowest BCUT2D eigenvalue weighted by Crippen LogP contribution is -2.36. The Hall–Kier alpha value is -1.30. The van der Waals surface area contributed by atoms with Crippen LogP contribution in [-0.2, 0) is 6.42 Å². The fourth-order valence-electron chi connectivity index (χ4n) is 1.89. The molecule has 1 atom stereocenters. The minimum atomic E-state index is 0.230. The van der Waals surface area contributed by atoms with E-state index in [1.54, 1.807) is 0 Å². The summed E-state index contributed by atoms with van der Waals surface area (Å²) in [5.41, 5.74) is 6.74. The van der Waals surface area contributed by atoms with Gasteiger partial charge in [-0.05, 0) is 32.8 Å². The third-order valence-electron chi connectivity index (χ3n) is 2.52. The molecule has 0 aliphatic heterocycles. The zero-order valence-corrected chi connectivity index (χ0v) is 10.3. The van der Waals surface area contributed by atoms with E-state index in [9.17, 15) is 0 Å². The van der Waals surface area contributed by atoms with Gasteiger partial charge < -0.3 is 0 Å². The molecule has 0 amide bonds. The van der Waals surface area contributed by atoms with Crippen LogP contribution in [0.2, 0.25) is 0 Å². The van der Waals surface area contributed by atoms with Crippen LogP contribution < -0.4 is 11.3 Å². The maximum atomic E-state index is 5.52. The van der Waals surface area contributed by atoms with E-state index in [2.05, 4.69) is 49.3 Å². The largest absolute Gasteiger partial charge is 0.271 e. The van der Waals surface area contributed by atoms with Crippen LogP contribution in [0.1, 0.15) is 30.0 Å². The molecule has 0 spiro atoms. The molecule has 1 aromatic carbocycles. The number of aryl methyl sites for hydroxylation is 2. The maximum Gasteiger partial charge on any atom is 0.0360 e. The van der Waals surface area contributed by atoms with Crippen LogP contribution in [0.4, 0.5) is 0 Å². The molecule has 0 aliphatic rings. The van der Waals surface area contributed by atoms with Gasteiger partial charge in [0.15, 0.2) is 0 Å². The number of nitrogens with one attached hydrogen (secondary N) is 1. The van der Waals surface area contributed by atoms with Crippen molar-refractivity contribution in [1.82, 2.24) is 5.43 Å². The van der Waals surface area contributed by atoms with Crippen molar-refractivity contribution in [3.63, 3.8) is 0 Å². The van der Waals surface area contributed by atoms with Crippen LogP contribution in [0.25, 0.3) is 0 Å². The minimum Gasteiger partial charge on any atom is -0.271 e. The summed E-state index contributed by atoms with van der Waals surface area (Å²) < 4.78 is 0. The van der Waals surface area contributed by atoms with Crippen LogP contribution in [0.5, 0.6) is 0 Å². The van der Waals surface area contributed by atoms with Gasteiger partial charge in [0.1, 0.15) is 0 Å². The van der Waals surface area contributed by atoms with Gasteiger partial charge in [-0.25, -0.2) is 0 Å². The summed E-state index contributed by atoms with van der Waals surface area (Å²) in [6, 6.07) is 6.82. The lowest BCUT2D eigenvalue weighted by molar-refractivity contribution is 0.536. The highest BCUT2D eigenvalue weighted by molar-refractivity contribution is 5.29. The molecular formula is C14H20N2. The number of hydrazine groups is 1. The number of hydrogen-bond acceptors (Lipinski definition) is 2. The zero-order valence-electron chi connectivity index (χ0n) is 10.3.